The quantitative estimate of drug-likeness (QED) is 0.303. The number of rotatable bonds is 7. The molecule has 1 amide bonds. The highest BCUT2D eigenvalue weighted by atomic mass is 35.5. The van der Waals surface area contributed by atoms with Gasteiger partial charge in [0.25, 0.3) is 5.91 Å². The van der Waals surface area contributed by atoms with E-state index in [0.29, 0.717) is 6.54 Å². The standard InChI is InChI=1S/C28H30ClN5O/c1-2-34-26-10-6-4-8-23(26)24-17-21(11-12-27(24)34)18-30-31-28(35)20-33-15-13-32(14-16-33)19-22-7-3-5-9-25(22)29/h3-12,17-18H,2,13-16,19-20H2,1H3,(H,31,35)/b30-18-. The monoisotopic (exact) mass is 487 g/mol. The molecule has 4 aromatic rings. The number of halogens is 1. The first-order valence-corrected chi connectivity index (χ1v) is 12.5. The number of aromatic nitrogens is 1. The third-order valence-electron chi connectivity index (χ3n) is 6.70. The molecule has 35 heavy (non-hydrogen) atoms. The number of benzene rings is 3. The third-order valence-corrected chi connectivity index (χ3v) is 7.07. The van der Waals surface area contributed by atoms with Crippen LogP contribution in [0, 0.1) is 0 Å². The molecule has 0 bridgehead atoms. The van der Waals surface area contributed by atoms with Crippen LogP contribution >= 0.6 is 11.6 Å². The molecule has 1 saturated heterocycles. The van der Waals surface area contributed by atoms with E-state index >= 15 is 0 Å². The fraction of sp³-hybridized carbons (Fsp3) is 0.286. The predicted molar refractivity (Wildman–Crippen MR) is 144 cm³/mol. The van der Waals surface area contributed by atoms with Crippen molar-refractivity contribution in [2.45, 2.75) is 20.0 Å². The number of carbonyl (C=O) groups is 1. The summed E-state index contributed by atoms with van der Waals surface area (Å²) in [7, 11) is 0. The van der Waals surface area contributed by atoms with E-state index in [1.54, 1.807) is 6.21 Å². The number of para-hydroxylation sites is 1. The second-order valence-electron chi connectivity index (χ2n) is 8.97. The van der Waals surface area contributed by atoms with Crippen LogP contribution in [0.1, 0.15) is 18.1 Å². The average molecular weight is 488 g/mol. The molecule has 1 fully saturated rings. The normalized spacial score (nSPS) is 15.4. The molecule has 0 spiro atoms. The molecule has 0 radical (unpaired) electrons. The van der Waals surface area contributed by atoms with Gasteiger partial charge in [-0.2, -0.15) is 5.10 Å². The van der Waals surface area contributed by atoms with Crippen LogP contribution in [0.4, 0.5) is 0 Å². The molecule has 1 N–H and O–H groups in total. The topological polar surface area (TPSA) is 52.9 Å². The molecule has 0 unspecified atom stereocenters. The summed E-state index contributed by atoms with van der Waals surface area (Å²) < 4.78 is 2.32. The molecule has 3 aromatic carbocycles. The van der Waals surface area contributed by atoms with Gasteiger partial charge in [-0.05, 0) is 42.3 Å². The van der Waals surface area contributed by atoms with Crippen LogP contribution in [-0.2, 0) is 17.9 Å². The van der Waals surface area contributed by atoms with E-state index in [9.17, 15) is 4.79 Å². The minimum absolute atomic E-state index is 0.0931. The number of aryl methyl sites for hydroxylation is 1. The van der Waals surface area contributed by atoms with Crippen LogP contribution in [-0.4, -0.2) is 59.2 Å². The summed E-state index contributed by atoms with van der Waals surface area (Å²) in [6, 6.07) is 22.7. The fourth-order valence-corrected chi connectivity index (χ4v) is 5.08. The Bertz CT molecular complexity index is 1370. The van der Waals surface area contributed by atoms with Gasteiger partial charge in [0, 0.05) is 66.1 Å². The fourth-order valence-electron chi connectivity index (χ4n) is 4.88. The molecular weight excluding hydrogens is 458 g/mol. The Labute approximate surface area is 210 Å². The minimum Gasteiger partial charge on any atom is -0.341 e. The van der Waals surface area contributed by atoms with E-state index in [1.165, 1.54) is 21.8 Å². The van der Waals surface area contributed by atoms with E-state index in [2.05, 4.69) is 74.3 Å². The van der Waals surface area contributed by atoms with E-state index in [4.69, 9.17) is 11.6 Å². The zero-order valence-electron chi connectivity index (χ0n) is 20.0. The summed E-state index contributed by atoms with van der Waals surface area (Å²) in [5, 5.41) is 7.46. The van der Waals surface area contributed by atoms with Gasteiger partial charge in [-0.15, -0.1) is 0 Å². The Kier molecular flexibility index (Phi) is 7.13. The SMILES string of the molecule is CCn1c2ccccc2c2cc(/C=N\NC(=O)CN3CCN(Cc4ccccc4Cl)CC3)ccc21. The average Bonchev–Trinajstić information content (AvgIpc) is 3.19. The molecule has 2 heterocycles. The summed E-state index contributed by atoms with van der Waals surface area (Å²) in [4.78, 5) is 17.0. The van der Waals surface area contributed by atoms with Crippen molar-refractivity contribution in [2.24, 2.45) is 5.10 Å². The van der Waals surface area contributed by atoms with E-state index in [1.807, 2.05) is 24.3 Å². The zero-order valence-corrected chi connectivity index (χ0v) is 20.7. The number of hydrogen-bond acceptors (Lipinski definition) is 4. The first-order chi connectivity index (χ1) is 17.1. The maximum atomic E-state index is 12.4. The van der Waals surface area contributed by atoms with E-state index in [-0.39, 0.29) is 5.91 Å². The Morgan fingerprint density at radius 3 is 2.46 bits per heavy atom. The molecule has 180 valence electrons. The van der Waals surface area contributed by atoms with Crippen molar-refractivity contribution in [1.29, 1.82) is 0 Å². The molecule has 6 nitrogen and oxygen atoms in total. The van der Waals surface area contributed by atoms with Crippen molar-refractivity contribution in [3.8, 4) is 0 Å². The Morgan fingerprint density at radius 1 is 0.943 bits per heavy atom. The molecule has 0 saturated carbocycles. The number of amides is 1. The van der Waals surface area contributed by atoms with Crippen molar-refractivity contribution >= 4 is 45.5 Å². The second-order valence-corrected chi connectivity index (χ2v) is 9.38. The van der Waals surface area contributed by atoms with Crippen LogP contribution in [0.25, 0.3) is 21.8 Å². The lowest BCUT2D eigenvalue weighted by molar-refractivity contribution is -0.122. The zero-order chi connectivity index (χ0) is 24.2. The van der Waals surface area contributed by atoms with Gasteiger partial charge in [0.15, 0.2) is 0 Å². The number of nitrogens with one attached hydrogen (secondary N) is 1. The number of nitrogens with zero attached hydrogens (tertiary/aromatic N) is 4. The Balaban J connectivity index is 1.14. The second kappa shape index (κ2) is 10.6. The van der Waals surface area contributed by atoms with Crippen molar-refractivity contribution in [1.82, 2.24) is 19.8 Å². The molecular formula is C28H30ClN5O. The number of hydrazone groups is 1. The highest BCUT2D eigenvalue weighted by molar-refractivity contribution is 6.31. The first-order valence-electron chi connectivity index (χ1n) is 12.1. The van der Waals surface area contributed by atoms with Crippen molar-refractivity contribution in [3.63, 3.8) is 0 Å². The molecule has 1 aliphatic rings. The smallest absolute Gasteiger partial charge is 0.254 e. The van der Waals surface area contributed by atoms with Crippen molar-refractivity contribution < 1.29 is 4.79 Å². The molecule has 5 rings (SSSR count). The summed E-state index contributed by atoms with van der Waals surface area (Å²) in [6.07, 6.45) is 1.72. The summed E-state index contributed by atoms with van der Waals surface area (Å²) in [5.41, 5.74) is 7.25. The molecule has 1 aromatic heterocycles. The third kappa shape index (κ3) is 5.25. The van der Waals surface area contributed by atoms with E-state index < -0.39 is 0 Å². The van der Waals surface area contributed by atoms with Gasteiger partial charge < -0.3 is 4.57 Å². The summed E-state index contributed by atoms with van der Waals surface area (Å²) in [5.74, 6) is -0.0931. The lowest BCUT2D eigenvalue weighted by Gasteiger charge is -2.34. The van der Waals surface area contributed by atoms with Gasteiger partial charge in [-0.1, -0.05) is 54.1 Å². The number of fused-ring (bicyclic) bond motifs is 3. The minimum atomic E-state index is -0.0931. The van der Waals surface area contributed by atoms with Crippen LogP contribution in [0.15, 0.2) is 71.8 Å². The number of hydrogen-bond donors (Lipinski definition) is 1. The predicted octanol–water partition coefficient (Wildman–Crippen LogP) is 4.74. The van der Waals surface area contributed by atoms with Crippen LogP contribution in [0.5, 0.6) is 0 Å². The number of piperazine rings is 1. The lowest BCUT2D eigenvalue weighted by atomic mass is 10.1. The molecule has 0 atom stereocenters. The van der Waals surface area contributed by atoms with Gasteiger partial charge in [0.05, 0.1) is 12.8 Å². The van der Waals surface area contributed by atoms with E-state index in [0.717, 1.165) is 55.4 Å². The Hall–Kier alpha value is -3.19. The highest BCUT2D eigenvalue weighted by Gasteiger charge is 2.19. The summed E-state index contributed by atoms with van der Waals surface area (Å²) in [6.45, 7) is 7.78. The molecule has 0 aliphatic carbocycles. The van der Waals surface area contributed by atoms with Crippen LogP contribution < -0.4 is 5.43 Å². The van der Waals surface area contributed by atoms with Gasteiger partial charge in [-0.25, -0.2) is 5.43 Å². The van der Waals surface area contributed by atoms with Crippen molar-refractivity contribution in [2.75, 3.05) is 32.7 Å². The largest absolute Gasteiger partial charge is 0.341 e. The van der Waals surface area contributed by atoms with Crippen LogP contribution in [0.3, 0.4) is 0 Å². The van der Waals surface area contributed by atoms with Gasteiger partial charge in [-0.3, -0.25) is 14.6 Å². The summed E-state index contributed by atoms with van der Waals surface area (Å²) >= 11 is 6.29. The lowest BCUT2D eigenvalue weighted by Crippen LogP contribution is -2.48. The Morgan fingerprint density at radius 2 is 1.66 bits per heavy atom. The molecule has 1 aliphatic heterocycles. The van der Waals surface area contributed by atoms with Gasteiger partial charge in [0.1, 0.15) is 0 Å². The first kappa shape index (κ1) is 23.5. The van der Waals surface area contributed by atoms with Crippen molar-refractivity contribution in [3.05, 3.63) is 82.9 Å². The number of carbonyl (C=O) groups excluding carboxylic acids is 1. The highest BCUT2D eigenvalue weighted by Crippen LogP contribution is 2.29. The van der Waals surface area contributed by atoms with Gasteiger partial charge in [0.2, 0.25) is 0 Å². The maximum absolute atomic E-state index is 12.4. The van der Waals surface area contributed by atoms with Crippen LogP contribution in [0.2, 0.25) is 5.02 Å². The molecule has 7 heteroatoms. The van der Waals surface area contributed by atoms with Gasteiger partial charge >= 0.3 is 0 Å². The maximum Gasteiger partial charge on any atom is 0.254 e.